The Morgan fingerprint density at radius 2 is 2.00 bits per heavy atom. The summed E-state index contributed by atoms with van der Waals surface area (Å²) in [5, 5.41) is 10.7. The maximum absolute atomic E-state index is 11.1. The summed E-state index contributed by atoms with van der Waals surface area (Å²) in [5.74, 6) is -0.944. The predicted molar refractivity (Wildman–Crippen MR) is 51.1 cm³/mol. The zero-order chi connectivity index (χ0) is 11.2. The number of nitrogens with one attached hydrogen (secondary N) is 1. The summed E-state index contributed by atoms with van der Waals surface area (Å²) in [5.41, 5.74) is -0.507. The number of ether oxygens (including phenoxy) is 1. The number of rotatable bonds is 5. The van der Waals surface area contributed by atoms with Gasteiger partial charge in [-0.15, -0.1) is 0 Å². The second-order valence-electron chi connectivity index (χ2n) is 3.57. The second kappa shape index (κ2) is 5.47. The van der Waals surface area contributed by atoms with Crippen molar-refractivity contribution < 1.29 is 19.4 Å². The smallest absolute Gasteiger partial charge is 0.407 e. The van der Waals surface area contributed by atoms with E-state index in [1.54, 1.807) is 13.8 Å². The lowest BCUT2D eigenvalue weighted by Gasteiger charge is -2.23. The largest absolute Gasteiger partial charge is 0.481 e. The first-order valence-electron chi connectivity index (χ1n) is 4.56. The van der Waals surface area contributed by atoms with Gasteiger partial charge in [0.05, 0.1) is 6.42 Å². The van der Waals surface area contributed by atoms with Crippen molar-refractivity contribution in [3.05, 3.63) is 0 Å². The van der Waals surface area contributed by atoms with Gasteiger partial charge in [-0.3, -0.25) is 4.79 Å². The van der Waals surface area contributed by atoms with Crippen LogP contribution in [0.1, 0.15) is 33.6 Å². The van der Waals surface area contributed by atoms with Gasteiger partial charge in [-0.25, -0.2) is 4.79 Å². The number of alkyl carbamates (subject to hydrolysis) is 1. The molecule has 5 nitrogen and oxygen atoms in total. The highest BCUT2D eigenvalue weighted by Gasteiger charge is 2.19. The molecule has 0 aliphatic heterocycles. The standard InChI is InChI=1S/C9H17NO4/c1-4-9(2,3)14-8(13)10-6-5-7(11)12/h4-6H2,1-3H3,(H,10,13)(H,11,12). The van der Waals surface area contributed by atoms with Crippen LogP contribution < -0.4 is 5.32 Å². The molecule has 0 rings (SSSR count). The van der Waals surface area contributed by atoms with Crippen LogP contribution in [0.25, 0.3) is 0 Å². The van der Waals surface area contributed by atoms with Crippen LogP contribution in [0, 0.1) is 0 Å². The molecule has 0 aliphatic carbocycles. The number of carboxylic acid groups (broad SMARTS) is 1. The Balaban J connectivity index is 3.71. The van der Waals surface area contributed by atoms with Gasteiger partial charge in [0, 0.05) is 6.54 Å². The van der Waals surface area contributed by atoms with Gasteiger partial charge in [-0.1, -0.05) is 6.92 Å². The Morgan fingerprint density at radius 3 is 2.43 bits per heavy atom. The molecule has 0 fully saturated rings. The molecule has 0 saturated heterocycles. The van der Waals surface area contributed by atoms with Crippen molar-refractivity contribution in [2.45, 2.75) is 39.2 Å². The third kappa shape index (κ3) is 6.28. The van der Waals surface area contributed by atoms with E-state index >= 15 is 0 Å². The summed E-state index contributed by atoms with van der Waals surface area (Å²) < 4.78 is 5.03. The van der Waals surface area contributed by atoms with E-state index in [4.69, 9.17) is 9.84 Å². The van der Waals surface area contributed by atoms with Crippen molar-refractivity contribution in [3.63, 3.8) is 0 Å². The van der Waals surface area contributed by atoms with E-state index in [-0.39, 0.29) is 13.0 Å². The zero-order valence-electron chi connectivity index (χ0n) is 8.79. The summed E-state index contributed by atoms with van der Waals surface area (Å²) in [6.07, 6.45) is 0.0409. The average molecular weight is 203 g/mol. The normalized spacial score (nSPS) is 10.8. The fourth-order valence-electron chi connectivity index (χ4n) is 0.631. The molecule has 0 unspecified atom stereocenters. The quantitative estimate of drug-likeness (QED) is 0.707. The van der Waals surface area contributed by atoms with Gasteiger partial charge in [0.25, 0.3) is 0 Å². The molecule has 0 radical (unpaired) electrons. The van der Waals surface area contributed by atoms with Gasteiger partial charge in [0.1, 0.15) is 5.60 Å². The van der Waals surface area contributed by atoms with Crippen molar-refractivity contribution in [2.24, 2.45) is 0 Å². The summed E-state index contributed by atoms with van der Waals surface area (Å²) in [6.45, 7) is 5.59. The molecule has 0 aliphatic rings. The van der Waals surface area contributed by atoms with Crippen LogP contribution in [0.15, 0.2) is 0 Å². The predicted octanol–water partition coefficient (Wildman–Crippen LogP) is 1.38. The Labute approximate surface area is 83.4 Å². The summed E-state index contributed by atoms with van der Waals surface area (Å²) in [4.78, 5) is 21.2. The molecular formula is C9H17NO4. The highest BCUT2D eigenvalue weighted by atomic mass is 16.6. The topological polar surface area (TPSA) is 75.6 Å². The SMILES string of the molecule is CCC(C)(C)OC(=O)NCCC(=O)O. The van der Waals surface area contributed by atoms with Gasteiger partial charge < -0.3 is 15.2 Å². The third-order valence-corrected chi connectivity index (χ3v) is 1.83. The highest BCUT2D eigenvalue weighted by molar-refractivity contribution is 5.70. The van der Waals surface area contributed by atoms with Crippen molar-refractivity contribution in [3.8, 4) is 0 Å². The van der Waals surface area contributed by atoms with E-state index < -0.39 is 17.7 Å². The Morgan fingerprint density at radius 1 is 1.43 bits per heavy atom. The van der Waals surface area contributed by atoms with Gasteiger partial charge in [0.2, 0.25) is 0 Å². The minimum absolute atomic E-state index is 0.0912. The molecule has 0 heterocycles. The fourth-order valence-corrected chi connectivity index (χ4v) is 0.631. The summed E-state index contributed by atoms with van der Waals surface area (Å²) >= 11 is 0. The number of hydrogen-bond acceptors (Lipinski definition) is 3. The lowest BCUT2D eigenvalue weighted by molar-refractivity contribution is -0.136. The van der Waals surface area contributed by atoms with Gasteiger partial charge in [-0.2, -0.15) is 0 Å². The van der Waals surface area contributed by atoms with Crippen molar-refractivity contribution >= 4 is 12.1 Å². The molecule has 0 spiro atoms. The number of carbonyl (C=O) groups is 2. The average Bonchev–Trinajstić information content (AvgIpc) is 2.02. The van der Waals surface area contributed by atoms with Crippen LogP contribution in [0.2, 0.25) is 0 Å². The minimum atomic E-state index is -0.944. The van der Waals surface area contributed by atoms with Crippen LogP contribution >= 0.6 is 0 Å². The van der Waals surface area contributed by atoms with Crippen molar-refractivity contribution in [2.75, 3.05) is 6.54 Å². The minimum Gasteiger partial charge on any atom is -0.481 e. The Bertz CT molecular complexity index is 213. The van der Waals surface area contributed by atoms with Crippen LogP contribution in [0.3, 0.4) is 0 Å². The monoisotopic (exact) mass is 203 g/mol. The first kappa shape index (κ1) is 12.7. The molecule has 0 aromatic carbocycles. The third-order valence-electron chi connectivity index (χ3n) is 1.83. The lowest BCUT2D eigenvalue weighted by Crippen LogP contribution is -2.35. The Hall–Kier alpha value is -1.26. The van der Waals surface area contributed by atoms with Crippen LogP contribution in [0.5, 0.6) is 0 Å². The second-order valence-corrected chi connectivity index (χ2v) is 3.57. The first-order valence-corrected chi connectivity index (χ1v) is 4.56. The number of amides is 1. The van der Waals surface area contributed by atoms with Crippen molar-refractivity contribution in [1.82, 2.24) is 5.32 Å². The molecule has 0 aromatic heterocycles. The van der Waals surface area contributed by atoms with Gasteiger partial charge in [0.15, 0.2) is 0 Å². The molecular weight excluding hydrogens is 186 g/mol. The highest BCUT2D eigenvalue weighted by Crippen LogP contribution is 2.13. The molecule has 1 amide bonds. The summed E-state index contributed by atoms with van der Waals surface area (Å²) in [7, 11) is 0. The number of aliphatic carboxylic acids is 1. The van der Waals surface area contributed by atoms with Gasteiger partial charge >= 0.3 is 12.1 Å². The van der Waals surface area contributed by atoms with Gasteiger partial charge in [-0.05, 0) is 20.3 Å². The molecule has 0 bridgehead atoms. The molecule has 5 heteroatoms. The number of hydrogen-bond donors (Lipinski definition) is 2. The first-order chi connectivity index (χ1) is 6.37. The van der Waals surface area contributed by atoms with Crippen LogP contribution in [0.4, 0.5) is 4.79 Å². The molecule has 82 valence electrons. The molecule has 0 aromatic rings. The molecule has 0 saturated carbocycles. The van der Waals surface area contributed by atoms with E-state index in [0.717, 1.165) is 0 Å². The molecule has 2 N–H and O–H groups in total. The van der Waals surface area contributed by atoms with Crippen LogP contribution in [-0.4, -0.2) is 29.3 Å². The van der Waals surface area contributed by atoms with E-state index in [2.05, 4.69) is 5.32 Å². The fraction of sp³-hybridized carbons (Fsp3) is 0.778. The maximum atomic E-state index is 11.1. The van der Waals surface area contributed by atoms with E-state index in [9.17, 15) is 9.59 Å². The molecule has 0 atom stereocenters. The number of carbonyl (C=O) groups excluding carboxylic acids is 1. The Kier molecular flexibility index (Phi) is 4.97. The van der Waals surface area contributed by atoms with E-state index in [1.807, 2.05) is 6.92 Å². The number of carboxylic acids is 1. The molecule has 14 heavy (non-hydrogen) atoms. The van der Waals surface area contributed by atoms with E-state index in [0.29, 0.717) is 6.42 Å². The lowest BCUT2D eigenvalue weighted by atomic mass is 10.1. The zero-order valence-corrected chi connectivity index (χ0v) is 8.79. The van der Waals surface area contributed by atoms with Crippen LogP contribution in [-0.2, 0) is 9.53 Å². The summed E-state index contributed by atoms with van der Waals surface area (Å²) in [6, 6.07) is 0. The van der Waals surface area contributed by atoms with Crippen molar-refractivity contribution in [1.29, 1.82) is 0 Å². The van der Waals surface area contributed by atoms with E-state index in [1.165, 1.54) is 0 Å². The maximum Gasteiger partial charge on any atom is 0.407 e.